The highest BCUT2D eigenvalue weighted by Gasteiger charge is 2.09. The van der Waals surface area contributed by atoms with E-state index in [2.05, 4.69) is 5.32 Å². The first-order valence-electron chi connectivity index (χ1n) is 8.35. The molecule has 0 bridgehead atoms. The highest BCUT2D eigenvalue weighted by molar-refractivity contribution is 7.99. The van der Waals surface area contributed by atoms with Crippen LogP contribution in [0.25, 0.3) is 0 Å². The molecule has 0 aliphatic carbocycles. The van der Waals surface area contributed by atoms with E-state index in [1.807, 2.05) is 13.0 Å². The second-order valence-electron chi connectivity index (χ2n) is 5.71. The van der Waals surface area contributed by atoms with Gasteiger partial charge in [0.15, 0.2) is 5.78 Å². The molecular formula is C20H22FNO3S. The smallest absolute Gasteiger partial charge is 0.230 e. The number of benzene rings is 2. The zero-order valence-corrected chi connectivity index (χ0v) is 15.7. The minimum Gasteiger partial charge on any atom is -0.494 e. The van der Waals surface area contributed by atoms with Crippen LogP contribution >= 0.6 is 11.8 Å². The third-order valence-corrected chi connectivity index (χ3v) is 4.64. The van der Waals surface area contributed by atoms with E-state index in [9.17, 15) is 14.0 Å². The molecule has 0 saturated carbocycles. The van der Waals surface area contributed by atoms with Crippen molar-refractivity contribution in [2.45, 2.75) is 26.1 Å². The van der Waals surface area contributed by atoms with Gasteiger partial charge in [0.1, 0.15) is 11.6 Å². The standard InChI is InChI=1S/C20H22FNO3S/c1-3-25-19-9-6-16(14(2)23)10-17(19)12-26-13-20(24)22-11-15-4-7-18(21)8-5-15/h4-10H,3,11-13H2,1-2H3,(H,22,24). The average Bonchev–Trinajstić information content (AvgIpc) is 2.62. The zero-order valence-electron chi connectivity index (χ0n) is 14.9. The number of Topliss-reactive ketones (excluding diaryl/α,β-unsaturated/α-hetero) is 1. The van der Waals surface area contributed by atoms with E-state index in [-0.39, 0.29) is 23.3 Å². The lowest BCUT2D eigenvalue weighted by Crippen LogP contribution is -2.24. The predicted octanol–water partition coefficient (Wildman–Crippen LogP) is 3.98. The number of rotatable bonds is 9. The van der Waals surface area contributed by atoms with Gasteiger partial charge in [0.25, 0.3) is 0 Å². The van der Waals surface area contributed by atoms with Crippen molar-refractivity contribution in [2.75, 3.05) is 12.4 Å². The summed E-state index contributed by atoms with van der Waals surface area (Å²) in [5.74, 6) is 1.19. The van der Waals surface area contributed by atoms with Gasteiger partial charge in [-0.25, -0.2) is 4.39 Å². The van der Waals surface area contributed by atoms with Crippen molar-refractivity contribution < 1.29 is 18.7 Å². The van der Waals surface area contributed by atoms with Crippen LogP contribution in [-0.2, 0) is 17.1 Å². The first-order valence-corrected chi connectivity index (χ1v) is 9.50. The molecule has 6 heteroatoms. The molecule has 0 fully saturated rings. The van der Waals surface area contributed by atoms with Crippen LogP contribution in [0.4, 0.5) is 4.39 Å². The quantitative estimate of drug-likeness (QED) is 0.674. The molecule has 4 nitrogen and oxygen atoms in total. The van der Waals surface area contributed by atoms with Crippen molar-refractivity contribution in [3.05, 3.63) is 65.0 Å². The van der Waals surface area contributed by atoms with Gasteiger partial charge in [-0.2, -0.15) is 0 Å². The Morgan fingerprint density at radius 3 is 2.54 bits per heavy atom. The number of ether oxygens (including phenoxy) is 1. The normalized spacial score (nSPS) is 10.4. The Balaban J connectivity index is 1.85. The molecule has 0 unspecified atom stereocenters. The minimum absolute atomic E-state index is 0.00339. The van der Waals surface area contributed by atoms with E-state index in [0.29, 0.717) is 24.5 Å². The fourth-order valence-electron chi connectivity index (χ4n) is 2.32. The molecule has 0 saturated heterocycles. The Morgan fingerprint density at radius 2 is 1.88 bits per heavy atom. The van der Waals surface area contributed by atoms with Gasteiger partial charge in [-0.1, -0.05) is 12.1 Å². The SMILES string of the molecule is CCOc1ccc(C(C)=O)cc1CSCC(=O)NCc1ccc(F)cc1. The van der Waals surface area contributed by atoms with Crippen LogP contribution in [0.5, 0.6) is 5.75 Å². The number of thioether (sulfide) groups is 1. The lowest BCUT2D eigenvalue weighted by molar-refractivity contribution is -0.118. The van der Waals surface area contributed by atoms with E-state index in [1.165, 1.54) is 30.8 Å². The summed E-state index contributed by atoms with van der Waals surface area (Å²) >= 11 is 1.45. The highest BCUT2D eigenvalue weighted by Crippen LogP contribution is 2.25. The number of carbonyl (C=O) groups excluding carboxylic acids is 2. The first kappa shape index (κ1) is 20.0. The van der Waals surface area contributed by atoms with Gasteiger partial charge in [-0.05, 0) is 49.7 Å². The van der Waals surface area contributed by atoms with Crippen LogP contribution in [0.15, 0.2) is 42.5 Å². The predicted molar refractivity (Wildman–Crippen MR) is 102 cm³/mol. The molecule has 2 aromatic rings. The molecule has 1 N–H and O–H groups in total. The molecule has 1 amide bonds. The van der Waals surface area contributed by atoms with Crippen molar-refractivity contribution in [3.63, 3.8) is 0 Å². The van der Waals surface area contributed by atoms with Gasteiger partial charge in [0.2, 0.25) is 5.91 Å². The van der Waals surface area contributed by atoms with Crippen molar-refractivity contribution in [3.8, 4) is 5.75 Å². The van der Waals surface area contributed by atoms with Gasteiger partial charge in [0.05, 0.1) is 12.4 Å². The van der Waals surface area contributed by atoms with Crippen LogP contribution in [0, 0.1) is 5.82 Å². The Bertz CT molecular complexity index is 762. The number of carbonyl (C=O) groups is 2. The molecule has 0 heterocycles. The van der Waals surface area contributed by atoms with E-state index in [4.69, 9.17) is 4.74 Å². The summed E-state index contributed by atoms with van der Waals surface area (Å²) in [6.07, 6.45) is 0. The van der Waals surface area contributed by atoms with Crippen molar-refractivity contribution >= 4 is 23.5 Å². The van der Waals surface area contributed by atoms with Crippen LogP contribution in [0.3, 0.4) is 0 Å². The number of amides is 1. The topological polar surface area (TPSA) is 55.4 Å². The van der Waals surface area contributed by atoms with Gasteiger partial charge < -0.3 is 10.1 Å². The Morgan fingerprint density at radius 1 is 1.15 bits per heavy atom. The maximum atomic E-state index is 12.9. The average molecular weight is 375 g/mol. The van der Waals surface area contributed by atoms with E-state index in [1.54, 1.807) is 24.3 Å². The van der Waals surface area contributed by atoms with E-state index in [0.717, 1.165) is 16.9 Å². The lowest BCUT2D eigenvalue weighted by Gasteiger charge is -2.11. The third kappa shape index (κ3) is 6.19. The lowest BCUT2D eigenvalue weighted by atomic mass is 10.1. The number of halogens is 1. The molecular weight excluding hydrogens is 353 g/mol. The fourth-order valence-corrected chi connectivity index (χ4v) is 3.15. The van der Waals surface area contributed by atoms with Crippen molar-refractivity contribution in [1.29, 1.82) is 0 Å². The van der Waals surface area contributed by atoms with Crippen molar-refractivity contribution in [1.82, 2.24) is 5.32 Å². The number of ketones is 1. The number of nitrogens with one attached hydrogen (secondary N) is 1. The molecule has 138 valence electrons. The Kier molecular flexibility index (Phi) is 7.66. The summed E-state index contributed by atoms with van der Waals surface area (Å²) in [4.78, 5) is 23.5. The molecule has 0 aliphatic rings. The molecule has 0 radical (unpaired) electrons. The number of hydrogen-bond acceptors (Lipinski definition) is 4. The monoisotopic (exact) mass is 375 g/mol. The fraction of sp³-hybridized carbons (Fsp3) is 0.300. The minimum atomic E-state index is -0.298. The molecule has 0 aromatic heterocycles. The van der Waals surface area contributed by atoms with Gasteiger partial charge in [-0.15, -0.1) is 11.8 Å². The molecule has 2 rings (SSSR count). The maximum absolute atomic E-state index is 12.9. The summed E-state index contributed by atoms with van der Waals surface area (Å²) in [5.41, 5.74) is 2.37. The Hall–Kier alpha value is -2.34. The van der Waals surface area contributed by atoms with Gasteiger partial charge in [0, 0.05) is 23.4 Å². The molecule has 0 atom stereocenters. The maximum Gasteiger partial charge on any atom is 0.230 e. The third-order valence-electron chi connectivity index (χ3n) is 3.66. The molecule has 26 heavy (non-hydrogen) atoms. The Labute approximate surface area is 157 Å². The van der Waals surface area contributed by atoms with E-state index < -0.39 is 0 Å². The van der Waals surface area contributed by atoms with Crippen molar-refractivity contribution in [2.24, 2.45) is 0 Å². The van der Waals surface area contributed by atoms with Crippen LogP contribution < -0.4 is 10.1 Å². The van der Waals surface area contributed by atoms with Gasteiger partial charge in [-0.3, -0.25) is 9.59 Å². The van der Waals surface area contributed by atoms with Crippen LogP contribution in [0.1, 0.15) is 35.3 Å². The first-order chi connectivity index (χ1) is 12.5. The summed E-state index contributed by atoms with van der Waals surface area (Å²) in [6, 6.07) is 11.4. The summed E-state index contributed by atoms with van der Waals surface area (Å²) < 4.78 is 18.4. The van der Waals surface area contributed by atoms with Crippen LogP contribution in [0.2, 0.25) is 0 Å². The molecule has 2 aromatic carbocycles. The number of hydrogen-bond donors (Lipinski definition) is 1. The zero-order chi connectivity index (χ0) is 18.9. The second-order valence-corrected chi connectivity index (χ2v) is 6.69. The molecule has 0 spiro atoms. The summed E-state index contributed by atoms with van der Waals surface area (Å²) in [5, 5.41) is 2.81. The summed E-state index contributed by atoms with van der Waals surface area (Å²) in [7, 11) is 0. The van der Waals surface area contributed by atoms with Gasteiger partial charge >= 0.3 is 0 Å². The van der Waals surface area contributed by atoms with Crippen LogP contribution in [-0.4, -0.2) is 24.1 Å². The summed E-state index contributed by atoms with van der Waals surface area (Å²) in [6.45, 7) is 4.33. The highest BCUT2D eigenvalue weighted by atomic mass is 32.2. The molecule has 0 aliphatic heterocycles. The largest absolute Gasteiger partial charge is 0.494 e. The van der Waals surface area contributed by atoms with E-state index >= 15 is 0 Å². The second kappa shape index (κ2) is 9.97.